The van der Waals surface area contributed by atoms with Gasteiger partial charge in [-0.1, -0.05) is 24.3 Å². The number of imide groups is 2. The largest absolute Gasteiger partial charge is 0.457 e. The molecule has 15 nitrogen and oxygen atoms in total. The highest BCUT2D eigenvalue weighted by atomic mass is 16.5. The third kappa shape index (κ3) is 7.82. The molecule has 1 aliphatic carbocycles. The normalized spacial score (nSPS) is 21.7. The van der Waals surface area contributed by atoms with Gasteiger partial charge in [-0.15, -0.1) is 0 Å². The van der Waals surface area contributed by atoms with E-state index in [2.05, 4.69) is 30.1 Å². The summed E-state index contributed by atoms with van der Waals surface area (Å²) in [6.45, 7) is 8.90. The number of piperidine rings is 1. The van der Waals surface area contributed by atoms with Crippen molar-refractivity contribution in [1.82, 2.24) is 39.6 Å². The Morgan fingerprint density at radius 1 is 0.917 bits per heavy atom. The van der Waals surface area contributed by atoms with Crippen LogP contribution in [0.25, 0.3) is 16.8 Å². The van der Waals surface area contributed by atoms with Crippen LogP contribution in [0.1, 0.15) is 66.2 Å². The van der Waals surface area contributed by atoms with Crippen LogP contribution in [0, 0.1) is 12.8 Å². The summed E-state index contributed by atoms with van der Waals surface area (Å²) in [7, 11) is 0. The van der Waals surface area contributed by atoms with Gasteiger partial charge in [-0.2, -0.15) is 5.10 Å². The minimum absolute atomic E-state index is 0.0849. The Kier molecular flexibility index (Phi) is 11.0. The number of aromatic nitrogens is 4. The van der Waals surface area contributed by atoms with Crippen molar-refractivity contribution in [2.75, 3.05) is 56.4 Å². The number of nitrogens with two attached hydrogens (primary N) is 1. The molecule has 3 aromatic carbocycles. The van der Waals surface area contributed by atoms with Crippen LogP contribution in [0.15, 0.2) is 79.1 Å². The second kappa shape index (κ2) is 16.8. The lowest BCUT2D eigenvalue weighted by Gasteiger charge is -2.46. The summed E-state index contributed by atoms with van der Waals surface area (Å²) in [5.74, 6) is 2.14. The molecule has 4 aliphatic rings. The second-order valence-corrected chi connectivity index (χ2v) is 16.5. The predicted molar refractivity (Wildman–Crippen MR) is 225 cm³/mol. The minimum atomic E-state index is -0.996. The number of rotatable bonds is 11. The number of anilines is 2. The first kappa shape index (κ1) is 39.3. The molecule has 1 unspecified atom stereocenters. The zero-order chi connectivity index (χ0) is 41.3. The van der Waals surface area contributed by atoms with Crippen molar-refractivity contribution in [3.05, 3.63) is 96.1 Å². The summed E-state index contributed by atoms with van der Waals surface area (Å²) in [6, 6.07) is 22.7. The molecule has 3 N–H and O–H groups in total. The molecule has 310 valence electrons. The van der Waals surface area contributed by atoms with Gasteiger partial charge in [-0.05, 0) is 93.1 Å². The van der Waals surface area contributed by atoms with E-state index in [0.717, 1.165) is 122 Å². The van der Waals surface area contributed by atoms with Crippen LogP contribution in [0.5, 0.6) is 11.5 Å². The van der Waals surface area contributed by atoms with Gasteiger partial charge < -0.3 is 20.3 Å². The number of hydrogen-bond donors (Lipinski definition) is 2. The number of piperazine rings is 1. The molecule has 60 heavy (non-hydrogen) atoms. The van der Waals surface area contributed by atoms with Crippen LogP contribution >= 0.6 is 0 Å². The monoisotopic (exact) mass is 810 g/mol. The molecular weight excluding hydrogens is 761 g/mol. The third-order valence-corrected chi connectivity index (χ3v) is 12.8. The summed E-state index contributed by atoms with van der Waals surface area (Å²) in [4.78, 5) is 67.5. The van der Waals surface area contributed by atoms with E-state index in [-0.39, 0.29) is 18.8 Å². The summed E-state index contributed by atoms with van der Waals surface area (Å²) in [5.41, 5.74) is 11.0. The van der Waals surface area contributed by atoms with Crippen molar-refractivity contribution in [1.29, 1.82) is 0 Å². The van der Waals surface area contributed by atoms with E-state index < -0.39 is 23.8 Å². The quantitative estimate of drug-likeness (QED) is 0.140. The Balaban J connectivity index is 0.763. The number of carbonyl (C=O) groups excluding carboxylic acids is 4. The van der Waals surface area contributed by atoms with Crippen molar-refractivity contribution in [3.8, 4) is 22.8 Å². The number of para-hydroxylation sites is 1. The highest BCUT2D eigenvalue weighted by Gasteiger charge is 2.37. The van der Waals surface area contributed by atoms with Gasteiger partial charge in [0.05, 0.1) is 0 Å². The van der Waals surface area contributed by atoms with Gasteiger partial charge in [0.15, 0.2) is 5.82 Å². The predicted octanol–water partition coefficient (Wildman–Crippen LogP) is 4.66. The topological polar surface area (TPSA) is 172 Å². The molecule has 1 atom stereocenters. The van der Waals surface area contributed by atoms with Crippen molar-refractivity contribution in [3.63, 3.8) is 0 Å². The van der Waals surface area contributed by atoms with Crippen molar-refractivity contribution in [2.45, 2.75) is 63.5 Å². The lowest BCUT2D eigenvalue weighted by atomic mass is 9.84. The Morgan fingerprint density at radius 3 is 2.37 bits per heavy atom. The highest BCUT2D eigenvalue weighted by Crippen LogP contribution is 2.39. The number of amides is 4. The molecular formula is C45H50N10O5. The number of ether oxygens (including phenoxy) is 1. The standard InChI is InChI=1S/C45H50N10O5/c1-29-36(45(59)54(28-56)38-18-19-39(57)49-44(38)58)8-5-9-37(29)53-25-30(26-53)24-51-20-22-52(23-21-51)33-14-10-32(11-15-33)43-50-40(41-42(46)47-27-48-55(41)43)31-12-16-35(17-13-31)60-34-6-3-2-4-7-34/h2-9,12-13,16-17,27-28,30,32-33,38H,10-11,14-15,18-26H2,1H3,(H2,46,47,48)(H,49,57,58). The zero-order valence-corrected chi connectivity index (χ0v) is 33.8. The lowest BCUT2D eigenvalue weighted by Crippen LogP contribution is -2.56. The van der Waals surface area contributed by atoms with E-state index in [1.807, 2.05) is 78.2 Å². The molecule has 5 aromatic rings. The van der Waals surface area contributed by atoms with Crippen LogP contribution in [-0.2, 0) is 14.4 Å². The average Bonchev–Trinajstić information content (AvgIpc) is 3.65. The Morgan fingerprint density at radius 2 is 1.65 bits per heavy atom. The lowest BCUT2D eigenvalue weighted by molar-refractivity contribution is -0.139. The zero-order valence-electron chi connectivity index (χ0n) is 33.8. The summed E-state index contributed by atoms with van der Waals surface area (Å²) in [5, 5.41) is 6.86. The fourth-order valence-electron chi connectivity index (χ4n) is 9.55. The van der Waals surface area contributed by atoms with E-state index in [1.165, 1.54) is 6.33 Å². The van der Waals surface area contributed by atoms with E-state index in [4.69, 9.17) is 15.5 Å². The number of hydrogen-bond acceptors (Lipinski definition) is 12. The second-order valence-electron chi connectivity index (χ2n) is 16.5. The molecule has 5 heterocycles. The highest BCUT2D eigenvalue weighted by molar-refractivity contribution is 6.08. The average molecular weight is 811 g/mol. The maximum absolute atomic E-state index is 13.5. The number of carbonyl (C=O) groups is 4. The molecule has 3 saturated heterocycles. The first-order chi connectivity index (χ1) is 29.2. The van der Waals surface area contributed by atoms with Gasteiger partial charge in [0.1, 0.15) is 40.9 Å². The first-order valence-electron chi connectivity index (χ1n) is 21.0. The van der Waals surface area contributed by atoms with Gasteiger partial charge in [0.2, 0.25) is 18.2 Å². The van der Waals surface area contributed by atoms with Crippen LogP contribution in [0.3, 0.4) is 0 Å². The molecule has 0 radical (unpaired) electrons. The molecule has 9 rings (SSSR count). The maximum Gasteiger partial charge on any atom is 0.261 e. The number of nitrogens with one attached hydrogen (secondary N) is 1. The molecule has 0 spiro atoms. The molecule has 4 fully saturated rings. The third-order valence-electron chi connectivity index (χ3n) is 12.8. The fourth-order valence-corrected chi connectivity index (χ4v) is 9.55. The van der Waals surface area contributed by atoms with E-state index in [1.54, 1.807) is 6.07 Å². The smallest absolute Gasteiger partial charge is 0.261 e. The van der Waals surface area contributed by atoms with E-state index >= 15 is 0 Å². The van der Waals surface area contributed by atoms with Crippen molar-refractivity contribution >= 4 is 41.2 Å². The van der Waals surface area contributed by atoms with Gasteiger partial charge in [-0.25, -0.2) is 14.5 Å². The van der Waals surface area contributed by atoms with E-state index in [0.29, 0.717) is 29.8 Å². The fraction of sp³-hybridized carbons (Fsp3) is 0.400. The SMILES string of the molecule is Cc1c(C(=O)N(C=O)C2CCC(=O)NC2=O)cccc1N1CC(CN2CCN(C3CCC(c4nc(-c5ccc(Oc6ccccc6)cc5)c5c(N)ncnn45)CC3)CC2)C1. The number of fused-ring (bicyclic) bond motifs is 1. The van der Waals surface area contributed by atoms with Gasteiger partial charge >= 0.3 is 0 Å². The van der Waals surface area contributed by atoms with Crippen LogP contribution in [-0.4, -0.2) is 116 Å². The van der Waals surface area contributed by atoms with E-state index in [9.17, 15) is 19.2 Å². The molecule has 1 saturated carbocycles. The molecule has 15 heteroatoms. The van der Waals surface area contributed by atoms with Gasteiger partial charge in [-0.3, -0.25) is 34.3 Å². The number of benzene rings is 3. The summed E-state index contributed by atoms with van der Waals surface area (Å²) in [6.07, 6.45) is 6.40. The maximum atomic E-state index is 13.5. The molecule has 2 aromatic heterocycles. The van der Waals surface area contributed by atoms with Gasteiger partial charge in [0.25, 0.3) is 5.91 Å². The first-order valence-corrected chi connectivity index (χ1v) is 21.0. The van der Waals surface area contributed by atoms with Crippen molar-refractivity contribution in [2.24, 2.45) is 5.92 Å². The van der Waals surface area contributed by atoms with Crippen LogP contribution < -0.4 is 20.7 Å². The number of nitrogens with zero attached hydrogens (tertiary/aromatic N) is 8. The molecule has 0 bridgehead atoms. The van der Waals surface area contributed by atoms with Crippen molar-refractivity contribution < 1.29 is 23.9 Å². The van der Waals surface area contributed by atoms with Crippen LogP contribution in [0.2, 0.25) is 0 Å². The minimum Gasteiger partial charge on any atom is -0.457 e. The Labute approximate surface area is 348 Å². The molecule has 4 amide bonds. The van der Waals surface area contributed by atoms with Crippen LogP contribution in [0.4, 0.5) is 11.5 Å². The number of nitrogen functional groups attached to an aromatic ring is 1. The van der Waals surface area contributed by atoms with Gasteiger partial charge in [0, 0.05) is 86.9 Å². The molecule has 3 aliphatic heterocycles. The Hall–Kier alpha value is -6.19. The summed E-state index contributed by atoms with van der Waals surface area (Å²) >= 11 is 0. The Bertz CT molecular complexity index is 2380. The number of imidazole rings is 1. The summed E-state index contributed by atoms with van der Waals surface area (Å²) < 4.78 is 7.92.